The third kappa shape index (κ3) is 6.27. The van der Waals surface area contributed by atoms with Gasteiger partial charge in [0.1, 0.15) is 12.3 Å². The average molecular weight is 539 g/mol. The molecule has 7 nitrogen and oxygen atoms in total. The summed E-state index contributed by atoms with van der Waals surface area (Å²) in [6.07, 6.45) is 3.43. The van der Waals surface area contributed by atoms with E-state index >= 15 is 0 Å². The largest absolute Gasteiger partial charge is 0.467 e. The number of nitrogens with one attached hydrogen (secondary N) is 1. The number of hydrogen-bond donors (Lipinski definition) is 1. The molecule has 39 heavy (non-hydrogen) atoms. The van der Waals surface area contributed by atoms with E-state index in [2.05, 4.69) is 5.32 Å². The maximum absolute atomic E-state index is 13.4. The minimum atomic E-state index is -0.390. The van der Waals surface area contributed by atoms with Crippen LogP contribution in [0.1, 0.15) is 27.2 Å². The van der Waals surface area contributed by atoms with Crippen molar-refractivity contribution in [3.05, 3.63) is 125 Å². The highest BCUT2D eigenvalue weighted by molar-refractivity contribution is 6.30. The molecule has 0 aliphatic heterocycles. The first-order valence-corrected chi connectivity index (χ1v) is 12.8. The molecule has 0 saturated heterocycles. The van der Waals surface area contributed by atoms with Gasteiger partial charge in [-0.15, -0.1) is 0 Å². The van der Waals surface area contributed by atoms with Gasteiger partial charge in [-0.3, -0.25) is 19.5 Å². The van der Waals surface area contributed by atoms with Gasteiger partial charge in [0.15, 0.2) is 0 Å². The monoisotopic (exact) mass is 538 g/mol. The van der Waals surface area contributed by atoms with Crippen molar-refractivity contribution in [2.45, 2.75) is 20.4 Å². The average Bonchev–Trinajstić information content (AvgIpc) is 3.59. The normalized spacial score (nSPS) is 10.8. The third-order valence-electron chi connectivity index (χ3n) is 6.26. The van der Waals surface area contributed by atoms with Crippen molar-refractivity contribution < 1.29 is 14.0 Å². The second-order valence-corrected chi connectivity index (χ2v) is 9.75. The fraction of sp³-hybridized carbons (Fsp3) is 0.129. The number of nitrogens with zero attached hydrogens (tertiary/aromatic N) is 3. The van der Waals surface area contributed by atoms with Gasteiger partial charge in [-0.1, -0.05) is 59.1 Å². The number of aromatic nitrogens is 2. The minimum absolute atomic E-state index is 0.128. The van der Waals surface area contributed by atoms with Crippen LogP contribution in [-0.4, -0.2) is 32.8 Å². The highest BCUT2D eigenvalue weighted by Crippen LogP contribution is 2.25. The molecule has 0 fully saturated rings. The third-order valence-corrected chi connectivity index (χ3v) is 6.51. The maximum atomic E-state index is 13.4. The van der Waals surface area contributed by atoms with Gasteiger partial charge >= 0.3 is 0 Å². The van der Waals surface area contributed by atoms with E-state index in [1.165, 1.54) is 11.2 Å². The number of benzene rings is 3. The number of anilines is 1. The fourth-order valence-electron chi connectivity index (χ4n) is 4.14. The van der Waals surface area contributed by atoms with E-state index in [0.717, 1.165) is 28.1 Å². The highest BCUT2D eigenvalue weighted by atomic mass is 35.5. The summed E-state index contributed by atoms with van der Waals surface area (Å²) in [5, 5.41) is 3.44. The van der Waals surface area contributed by atoms with Gasteiger partial charge in [-0.2, -0.15) is 0 Å². The van der Waals surface area contributed by atoms with E-state index in [1.807, 2.05) is 73.1 Å². The molecule has 196 valence electrons. The summed E-state index contributed by atoms with van der Waals surface area (Å²) >= 11 is 6.00. The second kappa shape index (κ2) is 11.4. The molecule has 0 aliphatic rings. The van der Waals surface area contributed by atoms with Crippen LogP contribution in [0.3, 0.4) is 0 Å². The summed E-state index contributed by atoms with van der Waals surface area (Å²) in [6.45, 7) is 3.97. The molecule has 5 aromatic rings. The Balaban J connectivity index is 1.43. The lowest BCUT2D eigenvalue weighted by molar-refractivity contribution is -0.117. The quantitative estimate of drug-likeness (QED) is 0.239. The Kier molecular flexibility index (Phi) is 7.61. The SMILES string of the molecule is Cc1ccc(-c2cn(-c3ccc(C)cc3)c(NC(=O)CN(Cc3ccco3)C(=O)c3ccc(Cl)cc3)n2)cc1. The van der Waals surface area contributed by atoms with Crippen LogP contribution in [0.25, 0.3) is 16.9 Å². The Bertz CT molecular complexity index is 1570. The Hall–Kier alpha value is -4.62. The van der Waals surface area contributed by atoms with Crippen molar-refractivity contribution in [2.75, 3.05) is 11.9 Å². The molecule has 2 heterocycles. The molecular weight excluding hydrogens is 512 g/mol. The number of halogens is 1. The highest BCUT2D eigenvalue weighted by Gasteiger charge is 2.22. The number of carbonyl (C=O) groups excluding carboxylic acids is 2. The molecular formula is C31H27ClN4O3. The van der Waals surface area contributed by atoms with Gasteiger partial charge in [0.05, 0.1) is 18.5 Å². The van der Waals surface area contributed by atoms with E-state index < -0.39 is 5.91 Å². The van der Waals surface area contributed by atoms with Crippen molar-refractivity contribution >= 4 is 29.4 Å². The smallest absolute Gasteiger partial charge is 0.254 e. The van der Waals surface area contributed by atoms with E-state index in [4.69, 9.17) is 21.0 Å². The van der Waals surface area contributed by atoms with Gasteiger partial charge in [-0.05, 0) is 62.4 Å². The summed E-state index contributed by atoms with van der Waals surface area (Å²) in [7, 11) is 0. The van der Waals surface area contributed by atoms with Crippen molar-refractivity contribution in [2.24, 2.45) is 0 Å². The summed E-state index contributed by atoms with van der Waals surface area (Å²) in [5.41, 5.74) is 5.19. The van der Waals surface area contributed by atoms with Crippen LogP contribution in [0.4, 0.5) is 5.95 Å². The molecule has 0 bridgehead atoms. The summed E-state index contributed by atoms with van der Waals surface area (Å²) < 4.78 is 7.29. The van der Waals surface area contributed by atoms with Crippen molar-refractivity contribution in [3.63, 3.8) is 0 Å². The lowest BCUT2D eigenvalue weighted by Gasteiger charge is -2.21. The number of hydrogen-bond acceptors (Lipinski definition) is 4. The maximum Gasteiger partial charge on any atom is 0.254 e. The molecule has 8 heteroatoms. The summed E-state index contributed by atoms with van der Waals surface area (Å²) in [6, 6.07) is 26.0. The summed E-state index contributed by atoms with van der Waals surface area (Å²) in [4.78, 5) is 32.9. The van der Waals surface area contributed by atoms with Crippen LogP contribution in [0.2, 0.25) is 5.02 Å². The van der Waals surface area contributed by atoms with Crippen LogP contribution in [0, 0.1) is 13.8 Å². The Morgan fingerprint density at radius 3 is 2.23 bits per heavy atom. The molecule has 2 amide bonds. The Morgan fingerprint density at radius 1 is 0.923 bits per heavy atom. The zero-order chi connectivity index (χ0) is 27.4. The van der Waals surface area contributed by atoms with Crippen molar-refractivity contribution in [3.8, 4) is 16.9 Å². The molecule has 3 aromatic carbocycles. The second-order valence-electron chi connectivity index (χ2n) is 9.32. The number of furan rings is 1. The number of imidazole rings is 1. The standard InChI is InChI=1S/C31H27ClN4O3/c1-21-5-9-23(10-6-21)28-19-36(26-15-7-22(2)8-16-26)31(33-28)34-29(37)20-35(18-27-4-3-17-39-27)30(38)24-11-13-25(32)14-12-24/h3-17,19H,18,20H2,1-2H3,(H,33,34,37). The Morgan fingerprint density at radius 2 is 1.59 bits per heavy atom. The Labute approximate surface area is 231 Å². The number of aryl methyl sites for hydroxylation is 2. The fourth-order valence-corrected chi connectivity index (χ4v) is 4.26. The first-order valence-electron chi connectivity index (χ1n) is 12.5. The molecule has 0 saturated carbocycles. The van der Waals surface area contributed by atoms with Crippen molar-refractivity contribution in [1.82, 2.24) is 14.5 Å². The van der Waals surface area contributed by atoms with Gasteiger partial charge in [0, 0.05) is 28.0 Å². The summed E-state index contributed by atoms with van der Waals surface area (Å²) in [5.74, 6) is 0.211. The first-order chi connectivity index (χ1) is 18.9. The van der Waals surface area contributed by atoms with Crippen LogP contribution < -0.4 is 5.32 Å². The molecule has 0 radical (unpaired) electrons. The van der Waals surface area contributed by atoms with Gasteiger partial charge in [0.2, 0.25) is 11.9 Å². The van der Waals surface area contributed by atoms with Gasteiger partial charge in [-0.25, -0.2) is 4.98 Å². The number of amides is 2. The molecule has 5 rings (SSSR count). The van der Waals surface area contributed by atoms with Crippen LogP contribution >= 0.6 is 11.6 Å². The van der Waals surface area contributed by atoms with Crippen LogP contribution in [-0.2, 0) is 11.3 Å². The predicted octanol–water partition coefficient (Wildman–Crippen LogP) is 6.68. The molecule has 2 aromatic heterocycles. The van der Waals surface area contributed by atoms with E-state index in [9.17, 15) is 9.59 Å². The molecule has 0 atom stereocenters. The zero-order valence-electron chi connectivity index (χ0n) is 21.6. The van der Waals surface area contributed by atoms with E-state index in [-0.39, 0.29) is 19.0 Å². The van der Waals surface area contributed by atoms with Gasteiger partial charge in [0.25, 0.3) is 5.91 Å². The molecule has 0 spiro atoms. The van der Waals surface area contributed by atoms with Gasteiger partial charge < -0.3 is 9.32 Å². The lowest BCUT2D eigenvalue weighted by Crippen LogP contribution is -2.37. The van der Waals surface area contributed by atoms with E-state index in [0.29, 0.717) is 22.3 Å². The molecule has 1 N–H and O–H groups in total. The van der Waals surface area contributed by atoms with Crippen LogP contribution in [0.15, 0.2) is 102 Å². The zero-order valence-corrected chi connectivity index (χ0v) is 22.4. The lowest BCUT2D eigenvalue weighted by atomic mass is 10.1. The first kappa shape index (κ1) is 26.0. The van der Waals surface area contributed by atoms with Crippen LogP contribution in [0.5, 0.6) is 0 Å². The molecule has 0 aliphatic carbocycles. The topological polar surface area (TPSA) is 80.4 Å². The predicted molar refractivity (Wildman–Crippen MR) is 152 cm³/mol. The number of rotatable bonds is 8. The van der Waals surface area contributed by atoms with Crippen molar-refractivity contribution in [1.29, 1.82) is 0 Å². The van der Waals surface area contributed by atoms with E-state index in [1.54, 1.807) is 36.4 Å². The number of carbonyl (C=O) groups is 2. The molecule has 0 unspecified atom stereocenters. The minimum Gasteiger partial charge on any atom is -0.467 e.